The topological polar surface area (TPSA) is 203 Å². The van der Waals surface area contributed by atoms with E-state index in [1.165, 1.54) is 18.3 Å². The van der Waals surface area contributed by atoms with Crippen molar-refractivity contribution in [2.24, 2.45) is 5.73 Å². The molecule has 15 heteroatoms. The van der Waals surface area contributed by atoms with Crippen molar-refractivity contribution in [3.05, 3.63) is 41.1 Å². The van der Waals surface area contributed by atoms with E-state index in [1.54, 1.807) is 31.2 Å². The summed E-state index contributed by atoms with van der Waals surface area (Å²) in [4.78, 5) is 57.6. The first-order chi connectivity index (χ1) is 18.0. The number of carbonyl (C=O) groups excluding carboxylic acids is 4. The van der Waals surface area contributed by atoms with E-state index < -0.39 is 43.9 Å². The summed E-state index contributed by atoms with van der Waals surface area (Å²) >= 11 is 1.07. The lowest BCUT2D eigenvalue weighted by Gasteiger charge is -2.18. The molecule has 1 unspecified atom stereocenters. The van der Waals surface area contributed by atoms with Crippen molar-refractivity contribution in [3.63, 3.8) is 0 Å². The molecule has 0 aromatic heterocycles. The van der Waals surface area contributed by atoms with Crippen LogP contribution in [0.25, 0.3) is 0 Å². The van der Waals surface area contributed by atoms with E-state index in [0.717, 1.165) is 11.8 Å². The van der Waals surface area contributed by atoms with E-state index in [1.807, 2.05) is 0 Å². The maximum atomic E-state index is 13.2. The number of hydrogen-bond acceptors (Lipinski definition) is 10. The molecule has 1 rings (SSSR count). The summed E-state index contributed by atoms with van der Waals surface area (Å²) in [5.74, 6) is -1.10. The summed E-state index contributed by atoms with van der Waals surface area (Å²) in [5, 5.41) is 18.2. The van der Waals surface area contributed by atoms with Gasteiger partial charge in [0.1, 0.15) is 0 Å². The number of nitrogens with two attached hydrogens (primary N) is 1. The molecule has 38 heavy (non-hydrogen) atoms. The van der Waals surface area contributed by atoms with Gasteiger partial charge in [0, 0.05) is 49.1 Å². The van der Waals surface area contributed by atoms with Crippen molar-refractivity contribution in [2.75, 3.05) is 24.5 Å². The summed E-state index contributed by atoms with van der Waals surface area (Å²) in [5.41, 5.74) is 6.39. The number of ether oxygens (including phenoxy) is 1. The van der Waals surface area contributed by atoms with Crippen LogP contribution >= 0.6 is 19.3 Å². The van der Waals surface area contributed by atoms with E-state index in [0.29, 0.717) is 11.3 Å². The molecule has 1 aromatic carbocycles. The molecule has 0 spiro atoms. The predicted octanol–water partition coefficient (Wildman–Crippen LogP) is 2.05. The molecular formula is C23H33N4O9PS. The third-order valence-corrected chi connectivity index (χ3v) is 7.60. The minimum absolute atomic E-state index is 0.0287. The second kappa shape index (κ2) is 17.3. The molecule has 210 valence electrons. The molecule has 2 amide bonds. The number of hydrogen-bond donors (Lipinski definition) is 5. The van der Waals surface area contributed by atoms with Crippen molar-refractivity contribution >= 4 is 55.0 Å². The Balaban J connectivity index is 2.84. The molecule has 0 aliphatic rings. The first-order valence-corrected chi connectivity index (χ1v) is 14.3. The van der Waals surface area contributed by atoms with Crippen molar-refractivity contribution in [2.45, 2.75) is 44.9 Å². The van der Waals surface area contributed by atoms with Gasteiger partial charge in [-0.2, -0.15) is 0 Å². The number of carbonyl (C=O) groups is 5. The molecule has 0 heterocycles. The van der Waals surface area contributed by atoms with E-state index >= 15 is 0 Å². The normalized spacial score (nSPS) is 14.1. The number of amides is 2. The zero-order valence-corrected chi connectivity index (χ0v) is 22.8. The van der Waals surface area contributed by atoms with Gasteiger partial charge in [-0.25, -0.2) is 0 Å². The number of nitrogens with one attached hydrogen (secondary N) is 3. The van der Waals surface area contributed by atoms with Crippen molar-refractivity contribution in [1.82, 2.24) is 10.6 Å². The van der Waals surface area contributed by atoms with Crippen LogP contribution in [0.2, 0.25) is 0 Å². The number of rotatable bonds is 19. The van der Waals surface area contributed by atoms with Crippen LogP contribution in [-0.2, 0) is 33.0 Å². The van der Waals surface area contributed by atoms with E-state index in [9.17, 15) is 28.5 Å². The zero-order chi connectivity index (χ0) is 28.6. The lowest BCUT2D eigenvalue weighted by atomic mass is 10.1. The molecule has 3 atom stereocenters. The van der Waals surface area contributed by atoms with Gasteiger partial charge < -0.3 is 30.1 Å². The van der Waals surface area contributed by atoms with Crippen molar-refractivity contribution < 1.29 is 42.9 Å². The molecule has 0 fully saturated rings. The second-order valence-electron chi connectivity index (χ2n) is 7.69. The number of aliphatic carboxylic acids is 1. The highest BCUT2D eigenvalue weighted by Crippen LogP contribution is 2.48. The zero-order valence-electron chi connectivity index (χ0n) is 21.1. The standard InChI is InChI=1S/C23H33N4O9PS/c1-3-36-37(34,27-17-6-4-16(5-7-17)23(33)25-2)12-13-38-14-18(19(29)8-11-22(31)32)26-21(30)10-9-20(24)35-15-28/h4-7,12-13,15,18,20H,3,8-11,14,24H2,1-2H3,(H,25,33)(H,26,30)(H,27,34)(H,31,32)/t18-,20+,37?/m0/s1. The Morgan fingerprint density at radius 2 is 1.84 bits per heavy atom. The average molecular weight is 573 g/mol. The van der Waals surface area contributed by atoms with Crippen LogP contribution in [0.3, 0.4) is 0 Å². The largest absolute Gasteiger partial charge is 0.481 e. The molecule has 0 aliphatic carbocycles. The third-order valence-electron chi connectivity index (χ3n) is 4.79. The lowest BCUT2D eigenvalue weighted by molar-refractivity contribution is -0.139. The Kier molecular flexibility index (Phi) is 15.0. The number of carboxylic acids is 1. The second-order valence-corrected chi connectivity index (χ2v) is 10.6. The predicted molar refractivity (Wildman–Crippen MR) is 142 cm³/mol. The van der Waals surface area contributed by atoms with Gasteiger partial charge in [-0.1, -0.05) is 0 Å². The minimum Gasteiger partial charge on any atom is -0.481 e. The number of carboxylic acid groups (broad SMARTS) is 1. The molecule has 13 nitrogen and oxygen atoms in total. The quantitative estimate of drug-likeness (QED) is 0.0918. The lowest BCUT2D eigenvalue weighted by Crippen LogP contribution is -2.43. The fourth-order valence-corrected chi connectivity index (χ4v) is 5.57. The fraction of sp³-hybridized carbons (Fsp3) is 0.435. The minimum atomic E-state index is -3.51. The maximum absolute atomic E-state index is 13.2. The summed E-state index contributed by atoms with van der Waals surface area (Å²) in [7, 11) is -2.00. The Bertz CT molecular complexity index is 1040. The van der Waals surface area contributed by atoms with Crippen molar-refractivity contribution in [3.8, 4) is 0 Å². The molecule has 0 aliphatic heterocycles. The van der Waals surface area contributed by atoms with Crippen molar-refractivity contribution in [1.29, 1.82) is 0 Å². The summed E-state index contributed by atoms with van der Waals surface area (Å²) in [6.07, 6.45) is -1.76. The van der Waals surface area contributed by atoms with Crippen LogP contribution in [0, 0.1) is 0 Å². The monoisotopic (exact) mass is 572 g/mol. The van der Waals surface area contributed by atoms with Gasteiger partial charge in [-0.05, 0) is 36.6 Å². The van der Waals surface area contributed by atoms with Crippen LogP contribution in [0.15, 0.2) is 35.5 Å². The Hall–Kier alpha value is -3.19. The van der Waals surface area contributed by atoms with Crippen LogP contribution in [-0.4, -0.2) is 66.8 Å². The molecule has 0 saturated heterocycles. The van der Waals surface area contributed by atoms with E-state index in [4.69, 9.17) is 15.4 Å². The fourth-order valence-electron chi connectivity index (χ4n) is 2.90. The number of thioether (sulfide) groups is 1. The third kappa shape index (κ3) is 12.9. The highest BCUT2D eigenvalue weighted by molar-refractivity contribution is 8.02. The van der Waals surface area contributed by atoms with Crippen LogP contribution in [0.4, 0.5) is 5.69 Å². The van der Waals surface area contributed by atoms with E-state index in [2.05, 4.69) is 20.5 Å². The number of Topliss-reactive ketones (excluding diaryl/α,β-unsaturated/α-hetero) is 1. The SMILES string of the molecule is CCOP(=O)(C=CSC[C@H](NC(=O)CC[C@H](N)OC=O)C(=O)CCC(=O)O)Nc1ccc(C(=O)NC)cc1. The maximum Gasteiger partial charge on any atom is 0.317 e. The number of ketones is 1. The summed E-state index contributed by atoms with van der Waals surface area (Å²) < 4.78 is 23.1. The van der Waals surface area contributed by atoms with Crippen LogP contribution in [0.1, 0.15) is 43.0 Å². The smallest absolute Gasteiger partial charge is 0.317 e. The molecular weight excluding hydrogens is 539 g/mol. The number of anilines is 1. The number of benzene rings is 1. The molecule has 0 saturated carbocycles. The Morgan fingerprint density at radius 3 is 2.42 bits per heavy atom. The van der Waals surface area contributed by atoms with Gasteiger partial charge in [0.25, 0.3) is 12.4 Å². The van der Waals surface area contributed by atoms with Gasteiger partial charge in [-0.3, -0.25) is 34.3 Å². The molecule has 0 bridgehead atoms. The molecule has 0 radical (unpaired) electrons. The average Bonchev–Trinajstić information content (AvgIpc) is 2.88. The first kappa shape index (κ1) is 32.8. The van der Waals surface area contributed by atoms with Gasteiger partial charge >= 0.3 is 13.5 Å². The highest BCUT2D eigenvalue weighted by atomic mass is 32.2. The highest BCUT2D eigenvalue weighted by Gasteiger charge is 2.23. The molecule has 1 aromatic rings. The first-order valence-electron chi connectivity index (χ1n) is 11.6. The van der Waals surface area contributed by atoms with Crippen LogP contribution < -0.4 is 21.5 Å². The van der Waals surface area contributed by atoms with Gasteiger partial charge in [-0.15, -0.1) is 11.8 Å². The summed E-state index contributed by atoms with van der Waals surface area (Å²) in [6, 6.07) is 5.26. The van der Waals surface area contributed by atoms with Crippen LogP contribution in [0.5, 0.6) is 0 Å². The summed E-state index contributed by atoms with van der Waals surface area (Å²) in [6.45, 7) is 1.97. The van der Waals surface area contributed by atoms with E-state index in [-0.39, 0.29) is 44.0 Å². The van der Waals surface area contributed by atoms with Gasteiger partial charge in [0.15, 0.2) is 12.0 Å². The molecule has 6 N–H and O–H groups in total. The Morgan fingerprint density at radius 1 is 1.16 bits per heavy atom. The van der Waals surface area contributed by atoms with Gasteiger partial charge in [0.05, 0.1) is 19.1 Å². The Labute approximate surface area is 224 Å². The van der Waals surface area contributed by atoms with Gasteiger partial charge in [0.2, 0.25) is 5.91 Å².